The number of aromatic nitrogens is 2. The topological polar surface area (TPSA) is 68.8 Å². The highest BCUT2D eigenvalue weighted by Crippen LogP contribution is 2.28. The number of para-hydroxylation sites is 1. The number of nitrogens with one attached hydrogen (secondary N) is 2. The van der Waals surface area contributed by atoms with Crippen LogP contribution in [0.4, 0.5) is 11.5 Å². The van der Waals surface area contributed by atoms with Crippen LogP contribution in [-0.4, -0.2) is 22.9 Å². The number of anilines is 2. The van der Waals surface area contributed by atoms with Crippen molar-refractivity contribution < 1.29 is 0 Å². The molecule has 1 heterocycles. The van der Waals surface area contributed by atoms with Crippen molar-refractivity contribution in [3.63, 3.8) is 0 Å². The van der Waals surface area contributed by atoms with E-state index in [-0.39, 0.29) is 5.62 Å². The molecule has 0 bridgehead atoms. The minimum absolute atomic E-state index is 0.0144. The lowest BCUT2D eigenvalue weighted by molar-refractivity contribution is 0.915. The summed E-state index contributed by atoms with van der Waals surface area (Å²) in [4.78, 5) is 6.28. The zero-order chi connectivity index (χ0) is 16.4. The molecule has 2 N–H and O–H groups in total. The molecule has 2 aromatic carbocycles. The van der Waals surface area contributed by atoms with Gasteiger partial charge in [0, 0.05) is 23.7 Å². The van der Waals surface area contributed by atoms with Gasteiger partial charge in [0.1, 0.15) is 5.82 Å². The maximum atomic E-state index is 8.10. The number of hydrogen-bond donors (Lipinski definition) is 2. The summed E-state index contributed by atoms with van der Waals surface area (Å²) in [5, 5.41) is 16.5. The number of nitrogens with zero attached hydrogens (tertiary/aromatic N) is 3. The zero-order valence-electron chi connectivity index (χ0n) is 12.6. The summed E-state index contributed by atoms with van der Waals surface area (Å²) in [6, 6.07) is 15.3. The van der Waals surface area contributed by atoms with Crippen LogP contribution in [0.5, 0.6) is 0 Å². The molecule has 23 heavy (non-hydrogen) atoms. The smallest absolute Gasteiger partial charge is 0.229 e. The molecular weight excluding hydrogens is 286 g/mol. The molecule has 0 aliphatic heterocycles. The van der Waals surface area contributed by atoms with Gasteiger partial charge in [0.2, 0.25) is 5.62 Å². The molecule has 0 atom stereocenters. The minimum atomic E-state index is -0.0144. The summed E-state index contributed by atoms with van der Waals surface area (Å²) >= 11 is 0. The first-order valence-corrected chi connectivity index (χ1v) is 7.02. The third-order valence-electron chi connectivity index (χ3n) is 3.70. The molecule has 0 radical (unpaired) electrons. The maximum absolute atomic E-state index is 8.10. The molecule has 5 nitrogen and oxygen atoms in total. The van der Waals surface area contributed by atoms with Crippen LogP contribution < -0.4 is 10.5 Å². The Morgan fingerprint density at radius 1 is 1.22 bits per heavy atom. The van der Waals surface area contributed by atoms with Crippen LogP contribution in [0.1, 0.15) is 5.56 Å². The molecule has 0 unspecified atom stereocenters. The van der Waals surface area contributed by atoms with Crippen molar-refractivity contribution in [1.82, 2.24) is 9.55 Å². The summed E-state index contributed by atoms with van der Waals surface area (Å²) in [5.41, 5.74) is 2.34. The Kier molecular flexibility index (Phi) is 3.65. The van der Waals surface area contributed by atoms with Crippen molar-refractivity contribution in [1.29, 1.82) is 10.8 Å². The van der Waals surface area contributed by atoms with E-state index in [1.807, 2.05) is 54.4 Å². The largest absolute Gasteiger partial charge is 0.329 e. The molecule has 3 aromatic rings. The number of fused-ring (bicyclic) bond motifs is 1. The lowest BCUT2D eigenvalue weighted by Gasteiger charge is -2.21. The lowest BCUT2D eigenvalue weighted by atomic mass is 10.1. The average molecular weight is 301 g/mol. The zero-order valence-corrected chi connectivity index (χ0v) is 12.6. The van der Waals surface area contributed by atoms with E-state index in [0.717, 1.165) is 17.4 Å². The van der Waals surface area contributed by atoms with E-state index >= 15 is 0 Å². The monoisotopic (exact) mass is 301 g/mol. The van der Waals surface area contributed by atoms with Crippen molar-refractivity contribution in [2.45, 2.75) is 0 Å². The molecule has 5 heteroatoms. The highest BCUT2D eigenvalue weighted by Gasteiger charge is 2.13. The lowest BCUT2D eigenvalue weighted by Crippen LogP contribution is -2.26. The quantitative estimate of drug-likeness (QED) is 0.444. The van der Waals surface area contributed by atoms with E-state index in [4.69, 9.17) is 17.2 Å². The van der Waals surface area contributed by atoms with Gasteiger partial charge in [0.15, 0.2) is 0 Å². The van der Waals surface area contributed by atoms with Crippen LogP contribution in [-0.2, 0) is 0 Å². The normalized spacial score (nSPS) is 10.3. The van der Waals surface area contributed by atoms with Crippen molar-refractivity contribution in [3.8, 4) is 12.3 Å². The SMILES string of the molecule is C#Cc1ccc2c(N(C)c3ccccc3)nc(=N)n(C=N)c2c1. The Morgan fingerprint density at radius 2 is 1.96 bits per heavy atom. The van der Waals surface area contributed by atoms with Crippen molar-refractivity contribution in [2.24, 2.45) is 0 Å². The molecular formula is C18H15N5. The molecule has 3 rings (SSSR count). The molecule has 1 aromatic heterocycles. The first kappa shape index (κ1) is 14.5. The van der Waals surface area contributed by atoms with E-state index in [1.54, 1.807) is 6.07 Å². The second kappa shape index (κ2) is 5.78. The molecule has 0 saturated heterocycles. The van der Waals surface area contributed by atoms with E-state index in [1.165, 1.54) is 4.57 Å². The van der Waals surface area contributed by atoms with Gasteiger partial charge in [-0.15, -0.1) is 6.42 Å². The fraction of sp³-hybridized carbons (Fsp3) is 0.0556. The van der Waals surface area contributed by atoms with Gasteiger partial charge < -0.3 is 4.90 Å². The van der Waals surface area contributed by atoms with Crippen LogP contribution in [0.2, 0.25) is 0 Å². The molecule has 0 fully saturated rings. The summed E-state index contributed by atoms with van der Waals surface area (Å²) in [5.74, 6) is 3.24. The highest BCUT2D eigenvalue weighted by molar-refractivity contribution is 5.94. The summed E-state index contributed by atoms with van der Waals surface area (Å²) < 4.78 is 1.40. The summed E-state index contributed by atoms with van der Waals surface area (Å²) in [6.07, 6.45) is 6.54. The fourth-order valence-electron chi connectivity index (χ4n) is 2.50. The van der Waals surface area contributed by atoms with Crippen LogP contribution in [0.15, 0.2) is 48.5 Å². The predicted octanol–water partition coefficient (Wildman–Crippen LogP) is 2.72. The van der Waals surface area contributed by atoms with Crippen LogP contribution in [0, 0.1) is 23.2 Å². The number of rotatable bonds is 3. The van der Waals surface area contributed by atoms with Gasteiger partial charge in [-0.2, -0.15) is 4.98 Å². The first-order valence-electron chi connectivity index (χ1n) is 7.02. The molecule has 0 saturated carbocycles. The summed E-state index contributed by atoms with van der Waals surface area (Å²) in [6.45, 7) is 0. The summed E-state index contributed by atoms with van der Waals surface area (Å²) in [7, 11) is 1.90. The van der Waals surface area contributed by atoms with Gasteiger partial charge in [0.25, 0.3) is 0 Å². The Hall–Kier alpha value is -3.39. The van der Waals surface area contributed by atoms with Gasteiger partial charge >= 0.3 is 0 Å². The second-order valence-corrected chi connectivity index (χ2v) is 5.03. The average Bonchev–Trinajstić information content (AvgIpc) is 2.60. The Balaban J connectivity index is 2.32. The Morgan fingerprint density at radius 3 is 2.61 bits per heavy atom. The van der Waals surface area contributed by atoms with Gasteiger partial charge in [-0.3, -0.25) is 15.4 Å². The minimum Gasteiger partial charge on any atom is -0.329 e. The molecule has 112 valence electrons. The third kappa shape index (κ3) is 2.47. The standard InChI is InChI=1S/C18H15N5/c1-3-13-9-10-15-16(11-13)23(12-19)18(20)21-17(15)22(2)14-7-5-4-6-8-14/h1,4-12,19-20H,2H3. The number of benzene rings is 2. The van der Waals surface area contributed by atoms with Gasteiger partial charge in [0.05, 0.1) is 11.9 Å². The predicted molar refractivity (Wildman–Crippen MR) is 92.2 cm³/mol. The van der Waals surface area contributed by atoms with Crippen LogP contribution >= 0.6 is 0 Å². The molecule has 0 aliphatic carbocycles. The Labute approximate surface area is 133 Å². The Bertz CT molecular complexity index is 980. The molecule has 0 amide bonds. The van der Waals surface area contributed by atoms with Crippen LogP contribution in [0.3, 0.4) is 0 Å². The fourth-order valence-corrected chi connectivity index (χ4v) is 2.50. The van der Waals surface area contributed by atoms with Gasteiger partial charge in [-0.1, -0.05) is 24.1 Å². The van der Waals surface area contributed by atoms with Gasteiger partial charge in [-0.05, 0) is 30.3 Å². The van der Waals surface area contributed by atoms with E-state index in [9.17, 15) is 0 Å². The first-order chi connectivity index (χ1) is 11.2. The third-order valence-corrected chi connectivity index (χ3v) is 3.70. The van der Waals surface area contributed by atoms with E-state index in [2.05, 4.69) is 10.9 Å². The maximum Gasteiger partial charge on any atom is 0.229 e. The number of hydrogen-bond acceptors (Lipinski definition) is 4. The number of terminal acetylenes is 1. The van der Waals surface area contributed by atoms with Crippen LogP contribution in [0.25, 0.3) is 10.9 Å². The molecule has 0 spiro atoms. The second-order valence-electron chi connectivity index (χ2n) is 5.03. The van der Waals surface area contributed by atoms with E-state index < -0.39 is 0 Å². The highest BCUT2D eigenvalue weighted by atomic mass is 15.2. The van der Waals surface area contributed by atoms with Gasteiger partial charge in [-0.25, -0.2) is 0 Å². The van der Waals surface area contributed by atoms with Crippen molar-refractivity contribution in [2.75, 3.05) is 11.9 Å². The molecule has 0 aliphatic rings. The van der Waals surface area contributed by atoms with Crippen molar-refractivity contribution in [3.05, 3.63) is 59.7 Å². The van der Waals surface area contributed by atoms with Crippen molar-refractivity contribution >= 4 is 28.7 Å². The van der Waals surface area contributed by atoms with E-state index in [0.29, 0.717) is 16.9 Å².